The summed E-state index contributed by atoms with van der Waals surface area (Å²) in [6.45, 7) is 9.12. The maximum atomic E-state index is 9.80. The van der Waals surface area contributed by atoms with Crippen molar-refractivity contribution in [3.05, 3.63) is 0 Å². The Hall–Kier alpha value is -0.120. The van der Waals surface area contributed by atoms with Gasteiger partial charge in [0, 0.05) is 11.6 Å². The Balaban J connectivity index is 2.46. The quantitative estimate of drug-likeness (QED) is 0.676. The van der Waals surface area contributed by atoms with E-state index in [0.717, 1.165) is 19.5 Å². The average Bonchev–Trinajstić information content (AvgIpc) is 2.80. The van der Waals surface area contributed by atoms with E-state index >= 15 is 0 Å². The summed E-state index contributed by atoms with van der Waals surface area (Å²) in [5.41, 5.74) is 0.00356. The van der Waals surface area contributed by atoms with Gasteiger partial charge in [-0.2, -0.15) is 0 Å². The molecule has 0 aliphatic heterocycles. The second-order valence-electron chi connectivity index (χ2n) is 6.34. The van der Waals surface area contributed by atoms with Gasteiger partial charge in [-0.05, 0) is 58.7 Å². The minimum absolute atomic E-state index is 0.00356. The van der Waals surface area contributed by atoms with Gasteiger partial charge in [0.1, 0.15) is 0 Å². The lowest BCUT2D eigenvalue weighted by atomic mass is 9.85. The Kier molecular flexibility index (Phi) is 7.33. The summed E-state index contributed by atoms with van der Waals surface area (Å²) < 4.78 is 0. The zero-order chi connectivity index (χ0) is 14.3. The lowest BCUT2D eigenvalue weighted by Crippen LogP contribution is -2.52. The standard InChI is InChI=1S/C16H34N2O/c1-5-8-14(3)18(4)12-10-15-9-7-11-16(15,13-19)17-6-2/h14-15,17,19H,5-13H2,1-4H3. The molecule has 0 aromatic heterocycles. The van der Waals surface area contributed by atoms with Crippen LogP contribution in [0.4, 0.5) is 0 Å². The minimum Gasteiger partial charge on any atom is -0.394 e. The van der Waals surface area contributed by atoms with Gasteiger partial charge in [0.2, 0.25) is 0 Å². The molecule has 1 rings (SSSR count). The Labute approximate surface area is 119 Å². The van der Waals surface area contributed by atoms with Crippen LogP contribution in [0.5, 0.6) is 0 Å². The van der Waals surface area contributed by atoms with E-state index in [1.807, 2.05) is 0 Å². The molecule has 0 saturated heterocycles. The molecule has 19 heavy (non-hydrogen) atoms. The molecule has 114 valence electrons. The van der Waals surface area contributed by atoms with Crippen molar-refractivity contribution in [3.8, 4) is 0 Å². The molecule has 3 unspecified atom stereocenters. The van der Waals surface area contributed by atoms with E-state index in [1.165, 1.54) is 32.1 Å². The summed E-state index contributed by atoms with van der Waals surface area (Å²) in [7, 11) is 2.24. The molecule has 0 aromatic rings. The highest BCUT2D eigenvalue weighted by Crippen LogP contribution is 2.37. The first-order chi connectivity index (χ1) is 9.09. The Morgan fingerprint density at radius 2 is 2.16 bits per heavy atom. The molecular formula is C16H34N2O. The fraction of sp³-hybridized carbons (Fsp3) is 1.00. The third-order valence-corrected chi connectivity index (χ3v) is 5.06. The second kappa shape index (κ2) is 8.23. The van der Waals surface area contributed by atoms with Crippen LogP contribution in [0.1, 0.15) is 59.3 Å². The predicted octanol–water partition coefficient (Wildman–Crippen LogP) is 2.64. The molecule has 1 fully saturated rings. The first kappa shape index (κ1) is 16.9. The summed E-state index contributed by atoms with van der Waals surface area (Å²) in [6.07, 6.45) is 7.40. The van der Waals surface area contributed by atoms with Crippen LogP contribution in [-0.4, -0.2) is 48.3 Å². The van der Waals surface area contributed by atoms with Crippen molar-refractivity contribution >= 4 is 0 Å². The van der Waals surface area contributed by atoms with Crippen molar-refractivity contribution in [2.45, 2.75) is 70.9 Å². The van der Waals surface area contributed by atoms with Crippen molar-refractivity contribution in [3.63, 3.8) is 0 Å². The number of likely N-dealkylation sites (N-methyl/N-ethyl adjacent to an activating group) is 1. The first-order valence-corrected chi connectivity index (χ1v) is 8.15. The SMILES string of the molecule is CCCC(C)N(C)CCC1CCCC1(CO)NCC. The maximum Gasteiger partial charge on any atom is 0.0616 e. The van der Waals surface area contributed by atoms with Crippen LogP contribution in [0, 0.1) is 5.92 Å². The Morgan fingerprint density at radius 1 is 1.42 bits per heavy atom. The lowest BCUT2D eigenvalue weighted by molar-refractivity contribution is 0.111. The molecule has 3 nitrogen and oxygen atoms in total. The van der Waals surface area contributed by atoms with E-state index in [1.54, 1.807) is 0 Å². The van der Waals surface area contributed by atoms with E-state index < -0.39 is 0 Å². The van der Waals surface area contributed by atoms with E-state index in [4.69, 9.17) is 0 Å². The molecular weight excluding hydrogens is 236 g/mol. The first-order valence-electron chi connectivity index (χ1n) is 8.15. The third kappa shape index (κ3) is 4.44. The molecule has 0 bridgehead atoms. The van der Waals surface area contributed by atoms with Crippen molar-refractivity contribution in [1.29, 1.82) is 0 Å². The van der Waals surface area contributed by atoms with Crippen LogP contribution < -0.4 is 5.32 Å². The van der Waals surface area contributed by atoms with Gasteiger partial charge in [-0.25, -0.2) is 0 Å². The van der Waals surface area contributed by atoms with Gasteiger partial charge in [0.05, 0.1) is 6.61 Å². The van der Waals surface area contributed by atoms with Gasteiger partial charge in [-0.3, -0.25) is 0 Å². The van der Waals surface area contributed by atoms with Gasteiger partial charge in [-0.15, -0.1) is 0 Å². The lowest BCUT2D eigenvalue weighted by Gasteiger charge is -2.36. The van der Waals surface area contributed by atoms with Gasteiger partial charge >= 0.3 is 0 Å². The molecule has 3 atom stereocenters. The largest absolute Gasteiger partial charge is 0.394 e. The summed E-state index contributed by atoms with van der Waals surface area (Å²) >= 11 is 0. The summed E-state index contributed by atoms with van der Waals surface area (Å²) in [6, 6.07) is 0.675. The fourth-order valence-corrected chi connectivity index (χ4v) is 3.63. The van der Waals surface area contributed by atoms with Gasteiger partial charge in [0.15, 0.2) is 0 Å². The molecule has 0 radical (unpaired) electrons. The normalized spacial score (nSPS) is 29.1. The van der Waals surface area contributed by atoms with E-state index in [2.05, 4.69) is 38.0 Å². The van der Waals surface area contributed by atoms with Crippen LogP contribution in [0.15, 0.2) is 0 Å². The average molecular weight is 270 g/mol. The van der Waals surface area contributed by atoms with E-state index in [-0.39, 0.29) is 5.54 Å². The van der Waals surface area contributed by atoms with Gasteiger partial charge < -0.3 is 15.3 Å². The summed E-state index contributed by atoms with van der Waals surface area (Å²) in [5, 5.41) is 13.4. The Bertz CT molecular complexity index is 247. The molecule has 1 aliphatic rings. The van der Waals surface area contributed by atoms with Crippen LogP contribution in [-0.2, 0) is 0 Å². The monoisotopic (exact) mass is 270 g/mol. The number of hydrogen-bond donors (Lipinski definition) is 2. The number of nitrogens with one attached hydrogen (secondary N) is 1. The second-order valence-corrected chi connectivity index (χ2v) is 6.34. The predicted molar refractivity (Wildman–Crippen MR) is 82.5 cm³/mol. The van der Waals surface area contributed by atoms with Gasteiger partial charge in [0.25, 0.3) is 0 Å². The van der Waals surface area contributed by atoms with Crippen LogP contribution in [0.3, 0.4) is 0 Å². The van der Waals surface area contributed by atoms with E-state index in [9.17, 15) is 5.11 Å². The summed E-state index contributed by atoms with van der Waals surface area (Å²) in [5.74, 6) is 0.633. The number of rotatable bonds is 9. The van der Waals surface area contributed by atoms with Crippen LogP contribution >= 0.6 is 0 Å². The van der Waals surface area contributed by atoms with Crippen molar-refractivity contribution < 1.29 is 5.11 Å². The number of hydrogen-bond acceptors (Lipinski definition) is 3. The molecule has 0 aromatic carbocycles. The number of aliphatic hydroxyl groups excluding tert-OH is 1. The molecule has 0 amide bonds. The Morgan fingerprint density at radius 3 is 2.74 bits per heavy atom. The molecule has 3 heteroatoms. The van der Waals surface area contributed by atoms with Crippen LogP contribution in [0.25, 0.3) is 0 Å². The van der Waals surface area contributed by atoms with Crippen molar-refractivity contribution in [2.24, 2.45) is 5.92 Å². The molecule has 0 heterocycles. The maximum absolute atomic E-state index is 9.80. The van der Waals surface area contributed by atoms with E-state index in [0.29, 0.717) is 18.6 Å². The number of nitrogens with zero attached hydrogens (tertiary/aromatic N) is 1. The third-order valence-electron chi connectivity index (χ3n) is 5.06. The van der Waals surface area contributed by atoms with Gasteiger partial charge in [-0.1, -0.05) is 26.7 Å². The topological polar surface area (TPSA) is 35.5 Å². The molecule has 1 aliphatic carbocycles. The van der Waals surface area contributed by atoms with Crippen molar-refractivity contribution in [2.75, 3.05) is 26.7 Å². The van der Waals surface area contributed by atoms with Crippen LogP contribution in [0.2, 0.25) is 0 Å². The zero-order valence-electron chi connectivity index (χ0n) is 13.4. The highest BCUT2D eigenvalue weighted by atomic mass is 16.3. The summed E-state index contributed by atoms with van der Waals surface area (Å²) in [4.78, 5) is 2.48. The fourth-order valence-electron chi connectivity index (χ4n) is 3.63. The highest BCUT2D eigenvalue weighted by Gasteiger charge is 2.41. The van der Waals surface area contributed by atoms with Crippen molar-refractivity contribution in [1.82, 2.24) is 10.2 Å². The molecule has 1 saturated carbocycles. The highest BCUT2D eigenvalue weighted by molar-refractivity contribution is 4.98. The number of aliphatic hydroxyl groups is 1. The zero-order valence-corrected chi connectivity index (χ0v) is 13.4. The minimum atomic E-state index is 0.00356. The molecule has 2 N–H and O–H groups in total. The molecule has 0 spiro atoms. The smallest absolute Gasteiger partial charge is 0.0616 e.